The van der Waals surface area contributed by atoms with Gasteiger partial charge in [0, 0.05) is 5.39 Å². The number of hydrogen-bond donors (Lipinski definition) is 0. The minimum Gasteiger partial charge on any atom is -0.323 e. The fourth-order valence-electron chi connectivity index (χ4n) is 1.66. The summed E-state index contributed by atoms with van der Waals surface area (Å²) in [5, 5.41) is 0.926. The number of rotatable bonds is 2. The molecule has 0 unspecified atom stereocenters. The lowest BCUT2D eigenvalue weighted by Gasteiger charge is -2.00. The number of fused-ring (bicyclic) bond motifs is 1. The van der Waals surface area contributed by atoms with Crippen LogP contribution in [0, 0.1) is 12.3 Å². The zero-order valence-electron chi connectivity index (χ0n) is 7.90. The molecule has 0 saturated carbocycles. The number of aromatic nitrogens is 1. The molecule has 0 radical (unpaired) electrons. The number of benzene rings is 1. The maximum absolute atomic E-state index is 11.0. The number of halogens is 1. The molecular weight excluding hydrogens is 254 g/mol. The molecule has 1 heterocycles. The molecule has 1 aromatic carbocycles. The van der Waals surface area contributed by atoms with Gasteiger partial charge in [-0.05, 0) is 22.0 Å². The van der Waals surface area contributed by atoms with Crippen LogP contribution in [0.2, 0.25) is 0 Å². The van der Waals surface area contributed by atoms with Crippen LogP contribution in [0.3, 0.4) is 0 Å². The van der Waals surface area contributed by atoms with Crippen LogP contribution in [-0.2, 0) is 6.54 Å². The van der Waals surface area contributed by atoms with Crippen molar-refractivity contribution in [2.45, 2.75) is 6.54 Å². The van der Waals surface area contributed by atoms with E-state index in [1.807, 2.05) is 28.8 Å². The van der Waals surface area contributed by atoms with Crippen molar-refractivity contribution in [3.8, 4) is 12.3 Å². The van der Waals surface area contributed by atoms with Crippen molar-refractivity contribution >= 4 is 33.1 Å². The van der Waals surface area contributed by atoms with Crippen molar-refractivity contribution in [1.82, 2.24) is 4.57 Å². The van der Waals surface area contributed by atoms with Crippen molar-refractivity contribution < 1.29 is 4.79 Å². The van der Waals surface area contributed by atoms with Crippen molar-refractivity contribution in [2.75, 3.05) is 0 Å². The molecule has 1 aromatic heterocycles. The standard InChI is InChI=1S/C12H8BrNO/c1-2-7-14-11-6-4-3-5-9(11)10(8-15)12(14)13/h1,3-6,8H,7H2. The lowest BCUT2D eigenvalue weighted by Crippen LogP contribution is -1.95. The third kappa shape index (κ3) is 1.47. The zero-order valence-corrected chi connectivity index (χ0v) is 9.49. The topological polar surface area (TPSA) is 22.0 Å². The van der Waals surface area contributed by atoms with Gasteiger partial charge in [0.05, 0.1) is 22.2 Å². The highest BCUT2D eigenvalue weighted by Crippen LogP contribution is 2.28. The molecule has 0 saturated heterocycles. The molecule has 15 heavy (non-hydrogen) atoms. The van der Waals surface area contributed by atoms with Crippen LogP contribution >= 0.6 is 15.9 Å². The van der Waals surface area contributed by atoms with E-state index >= 15 is 0 Å². The molecule has 0 fully saturated rings. The Balaban J connectivity index is 2.85. The van der Waals surface area contributed by atoms with Crippen LogP contribution in [0.5, 0.6) is 0 Å². The van der Waals surface area contributed by atoms with Crippen LogP contribution in [0.25, 0.3) is 10.9 Å². The third-order valence-corrected chi connectivity index (χ3v) is 3.17. The molecule has 2 aromatic rings. The van der Waals surface area contributed by atoms with Crippen LogP contribution in [0.4, 0.5) is 0 Å². The Labute approximate surface area is 96.0 Å². The fourth-order valence-corrected chi connectivity index (χ4v) is 2.28. The minimum absolute atomic E-state index is 0.453. The Bertz CT molecular complexity index is 563. The second-order valence-electron chi connectivity index (χ2n) is 3.13. The van der Waals surface area contributed by atoms with Gasteiger partial charge in [-0.25, -0.2) is 0 Å². The van der Waals surface area contributed by atoms with Crippen molar-refractivity contribution in [3.05, 3.63) is 34.4 Å². The summed E-state index contributed by atoms with van der Waals surface area (Å²) in [4.78, 5) is 11.0. The smallest absolute Gasteiger partial charge is 0.153 e. The van der Waals surface area contributed by atoms with Gasteiger partial charge < -0.3 is 4.57 Å². The molecule has 0 aliphatic carbocycles. The summed E-state index contributed by atoms with van der Waals surface area (Å²) in [6.07, 6.45) is 6.14. The normalized spacial score (nSPS) is 10.1. The Morgan fingerprint density at radius 2 is 2.20 bits per heavy atom. The molecule has 3 heteroatoms. The SMILES string of the molecule is C#CCn1c(Br)c(C=O)c2ccccc21. The van der Waals surface area contributed by atoms with Gasteiger partial charge >= 0.3 is 0 Å². The lowest BCUT2D eigenvalue weighted by molar-refractivity contribution is 0.112. The number of nitrogens with zero attached hydrogens (tertiary/aromatic N) is 1. The second kappa shape index (κ2) is 3.92. The van der Waals surface area contributed by atoms with E-state index in [2.05, 4.69) is 21.9 Å². The number of para-hydroxylation sites is 1. The van der Waals surface area contributed by atoms with Gasteiger partial charge in [0.2, 0.25) is 0 Å². The molecule has 2 rings (SSSR count). The second-order valence-corrected chi connectivity index (χ2v) is 3.88. The maximum Gasteiger partial charge on any atom is 0.153 e. The van der Waals surface area contributed by atoms with E-state index in [4.69, 9.17) is 6.42 Å². The van der Waals surface area contributed by atoms with Crippen LogP contribution in [0.1, 0.15) is 10.4 Å². The van der Waals surface area contributed by atoms with Crippen molar-refractivity contribution in [3.63, 3.8) is 0 Å². The number of terminal acetylenes is 1. The number of carbonyl (C=O) groups excluding carboxylic acids is 1. The Morgan fingerprint density at radius 1 is 1.47 bits per heavy atom. The maximum atomic E-state index is 11.0. The van der Waals surface area contributed by atoms with Crippen molar-refractivity contribution in [1.29, 1.82) is 0 Å². The van der Waals surface area contributed by atoms with Gasteiger partial charge in [0.25, 0.3) is 0 Å². The molecule has 0 spiro atoms. The lowest BCUT2D eigenvalue weighted by atomic mass is 10.2. The van der Waals surface area contributed by atoms with Crippen LogP contribution < -0.4 is 0 Å². The highest BCUT2D eigenvalue weighted by atomic mass is 79.9. The zero-order chi connectivity index (χ0) is 10.8. The fraction of sp³-hybridized carbons (Fsp3) is 0.0833. The average molecular weight is 262 g/mol. The third-order valence-electron chi connectivity index (χ3n) is 2.31. The van der Waals surface area contributed by atoms with Gasteiger partial charge in [-0.1, -0.05) is 24.1 Å². The van der Waals surface area contributed by atoms with E-state index < -0.39 is 0 Å². The summed E-state index contributed by atoms with van der Waals surface area (Å²) >= 11 is 3.39. The number of carbonyl (C=O) groups is 1. The first kappa shape index (κ1) is 10.0. The summed E-state index contributed by atoms with van der Waals surface area (Å²) in [6, 6.07) is 7.69. The molecule has 2 nitrogen and oxygen atoms in total. The van der Waals surface area contributed by atoms with Gasteiger partial charge in [0.15, 0.2) is 6.29 Å². The number of aldehydes is 1. The van der Waals surface area contributed by atoms with E-state index in [-0.39, 0.29) is 0 Å². The highest BCUT2D eigenvalue weighted by molar-refractivity contribution is 9.10. The monoisotopic (exact) mass is 261 g/mol. The molecular formula is C12H8BrNO. The molecule has 0 N–H and O–H groups in total. The van der Waals surface area contributed by atoms with Gasteiger partial charge in [-0.3, -0.25) is 4.79 Å². The molecule has 0 aliphatic rings. The van der Waals surface area contributed by atoms with Crippen LogP contribution in [-0.4, -0.2) is 10.9 Å². The van der Waals surface area contributed by atoms with Crippen LogP contribution in [0.15, 0.2) is 28.9 Å². The van der Waals surface area contributed by atoms with Gasteiger partial charge in [0.1, 0.15) is 0 Å². The van der Waals surface area contributed by atoms with E-state index in [0.717, 1.165) is 21.8 Å². The minimum atomic E-state index is 0.453. The predicted molar refractivity (Wildman–Crippen MR) is 63.9 cm³/mol. The first-order chi connectivity index (χ1) is 7.29. The quantitative estimate of drug-likeness (QED) is 0.602. The Hall–Kier alpha value is -1.53. The molecule has 0 amide bonds. The van der Waals surface area contributed by atoms with Crippen molar-refractivity contribution in [2.24, 2.45) is 0 Å². The van der Waals surface area contributed by atoms with E-state index in [1.54, 1.807) is 0 Å². The average Bonchev–Trinajstić information content (AvgIpc) is 2.53. The summed E-state index contributed by atoms with van der Waals surface area (Å²) in [5.74, 6) is 2.57. The first-order valence-electron chi connectivity index (χ1n) is 4.45. The highest BCUT2D eigenvalue weighted by Gasteiger charge is 2.12. The summed E-state index contributed by atoms with van der Waals surface area (Å²) < 4.78 is 2.65. The number of hydrogen-bond acceptors (Lipinski definition) is 1. The molecule has 74 valence electrons. The summed E-state index contributed by atoms with van der Waals surface area (Å²) in [6.45, 7) is 0.453. The van der Waals surface area contributed by atoms with Gasteiger partial charge in [-0.15, -0.1) is 6.42 Å². The summed E-state index contributed by atoms with van der Waals surface area (Å²) in [5.41, 5.74) is 1.63. The first-order valence-corrected chi connectivity index (χ1v) is 5.24. The van der Waals surface area contributed by atoms with E-state index in [0.29, 0.717) is 12.1 Å². The van der Waals surface area contributed by atoms with E-state index in [1.165, 1.54) is 0 Å². The van der Waals surface area contributed by atoms with Gasteiger partial charge in [-0.2, -0.15) is 0 Å². The molecule has 0 atom stereocenters. The Morgan fingerprint density at radius 3 is 2.87 bits per heavy atom. The largest absolute Gasteiger partial charge is 0.323 e. The van der Waals surface area contributed by atoms with E-state index in [9.17, 15) is 4.79 Å². The molecule has 0 bridgehead atoms. The predicted octanol–water partition coefficient (Wildman–Crippen LogP) is 2.85. The molecule has 0 aliphatic heterocycles. The summed E-state index contributed by atoms with van der Waals surface area (Å²) in [7, 11) is 0. The Kier molecular flexibility index (Phi) is 2.61.